The van der Waals surface area contributed by atoms with E-state index in [1.165, 1.54) is 6.07 Å². The smallest absolute Gasteiger partial charge is 0.200 e. The summed E-state index contributed by atoms with van der Waals surface area (Å²) in [6.07, 6.45) is 0. The van der Waals surface area contributed by atoms with Crippen molar-refractivity contribution in [1.29, 1.82) is 0 Å². The van der Waals surface area contributed by atoms with E-state index in [0.29, 0.717) is 32.6 Å². The van der Waals surface area contributed by atoms with Gasteiger partial charge in [0, 0.05) is 0 Å². The summed E-state index contributed by atoms with van der Waals surface area (Å²) in [4.78, 5) is 12.5. The zero-order valence-electron chi connectivity index (χ0n) is 9.58. The number of fused-ring (bicyclic) bond motifs is 2. The molecule has 0 amide bonds. The fourth-order valence-electron chi connectivity index (χ4n) is 1.93. The molecule has 3 rings (SSSR count). The second kappa shape index (κ2) is 5.16. The zero-order valence-corrected chi connectivity index (χ0v) is 16.0. The highest BCUT2D eigenvalue weighted by atomic mass is 127. The second-order valence-corrected chi connectivity index (χ2v) is 7.42. The van der Waals surface area contributed by atoms with Gasteiger partial charge in [-0.05, 0) is 86.0 Å². The van der Waals surface area contributed by atoms with E-state index in [-0.39, 0.29) is 16.9 Å². The van der Waals surface area contributed by atoms with E-state index in [2.05, 4.69) is 0 Å². The first-order valence-corrected chi connectivity index (χ1v) is 8.60. The quantitative estimate of drug-likeness (QED) is 0.298. The Morgan fingerprint density at radius 2 is 1.60 bits per heavy atom. The molecule has 0 spiro atoms. The Hall–Kier alpha value is -0.300. The van der Waals surface area contributed by atoms with E-state index >= 15 is 0 Å². The van der Waals surface area contributed by atoms with Crippen LogP contribution in [0.5, 0.6) is 11.5 Å². The summed E-state index contributed by atoms with van der Waals surface area (Å²) in [5.74, 6) is 0.154. The molecule has 0 unspecified atom stereocenters. The predicted molar refractivity (Wildman–Crippen MR) is 101 cm³/mol. The van der Waals surface area contributed by atoms with Crippen molar-refractivity contribution in [1.82, 2.24) is 0 Å². The lowest BCUT2D eigenvalue weighted by molar-refractivity contribution is 0.466. The Kier molecular flexibility index (Phi) is 3.77. The van der Waals surface area contributed by atoms with Crippen LogP contribution in [0.4, 0.5) is 0 Å². The Morgan fingerprint density at radius 1 is 0.950 bits per heavy atom. The van der Waals surface area contributed by atoms with Gasteiger partial charge in [0.25, 0.3) is 0 Å². The van der Waals surface area contributed by atoms with Gasteiger partial charge in [0.05, 0.1) is 21.5 Å². The monoisotopic (exact) mass is 606 g/mol. The van der Waals surface area contributed by atoms with E-state index in [9.17, 15) is 15.0 Å². The van der Waals surface area contributed by atoms with Crippen LogP contribution in [0.1, 0.15) is 0 Å². The summed E-state index contributed by atoms with van der Waals surface area (Å²) in [5.41, 5.74) is 0.501. The van der Waals surface area contributed by atoms with Crippen molar-refractivity contribution in [2.24, 2.45) is 0 Å². The fourth-order valence-corrected chi connectivity index (χ4v) is 4.30. The summed E-state index contributed by atoms with van der Waals surface area (Å²) < 4.78 is 7.33. The maximum Gasteiger partial charge on any atom is 0.200 e. The van der Waals surface area contributed by atoms with Crippen LogP contribution in [0, 0.1) is 10.7 Å². The number of hydrogen-bond donors (Lipinski definition) is 2. The Labute approximate surface area is 153 Å². The van der Waals surface area contributed by atoms with Crippen molar-refractivity contribution in [2.75, 3.05) is 0 Å². The predicted octanol–water partition coefficient (Wildman–Crippen LogP) is 4.17. The molecule has 2 N–H and O–H groups in total. The highest BCUT2D eigenvalue weighted by Crippen LogP contribution is 2.35. The summed E-state index contributed by atoms with van der Waals surface area (Å²) in [7, 11) is 0. The summed E-state index contributed by atoms with van der Waals surface area (Å²) in [6, 6.07) is 4.63. The van der Waals surface area contributed by atoms with Crippen LogP contribution in [-0.2, 0) is 0 Å². The SMILES string of the molecule is O=c1c2ccc(O)c(I)c2oc2c(I)c(O)c(I)cc12. The van der Waals surface area contributed by atoms with Gasteiger partial charge >= 0.3 is 0 Å². The van der Waals surface area contributed by atoms with Gasteiger partial charge in [-0.15, -0.1) is 0 Å². The number of hydrogen-bond acceptors (Lipinski definition) is 4. The average Bonchev–Trinajstić information content (AvgIpc) is 2.42. The topological polar surface area (TPSA) is 70.7 Å². The first-order valence-electron chi connectivity index (χ1n) is 5.36. The third-order valence-corrected chi connectivity index (χ3v) is 5.78. The number of benzene rings is 2. The first kappa shape index (κ1) is 14.6. The molecule has 0 radical (unpaired) electrons. The molecule has 4 nitrogen and oxygen atoms in total. The van der Waals surface area contributed by atoms with E-state index in [1.807, 2.05) is 67.8 Å². The highest BCUT2D eigenvalue weighted by Gasteiger charge is 2.17. The molecule has 1 aromatic heterocycles. The van der Waals surface area contributed by atoms with Gasteiger partial charge in [0.1, 0.15) is 11.5 Å². The Morgan fingerprint density at radius 3 is 2.30 bits per heavy atom. The minimum atomic E-state index is -0.171. The van der Waals surface area contributed by atoms with Crippen LogP contribution < -0.4 is 5.43 Å². The van der Waals surface area contributed by atoms with Crippen molar-refractivity contribution in [3.8, 4) is 11.5 Å². The van der Waals surface area contributed by atoms with Crippen LogP contribution in [0.15, 0.2) is 27.4 Å². The maximum atomic E-state index is 12.5. The van der Waals surface area contributed by atoms with Crippen molar-refractivity contribution in [2.45, 2.75) is 0 Å². The number of phenols is 2. The van der Waals surface area contributed by atoms with E-state index < -0.39 is 0 Å². The molecule has 1 heterocycles. The molecule has 102 valence electrons. The van der Waals surface area contributed by atoms with Crippen molar-refractivity contribution in [3.05, 3.63) is 39.1 Å². The summed E-state index contributed by atoms with van der Waals surface area (Å²) in [6.45, 7) is 0. The molecule has 0 aliphatic carbocycles. The number of rotatable bonds is 0. The van der Waals surface area contributed by atoms with E-state index in [1.54, 1.807) is 12.1 Å². The minimum Gasteiger partial charge on any atom is -0.507 e. The van der Waals surface area contributed by atoms with Gasteiger partial charge in [0.2, 0.25) is 5.43 Å². The number of halogens is 3. The van der Waals surface area contributed by atoms with Crippen LogP contribution in [0.25, 0.3) is 21.9 Å². The fraction of sp³-hybridized carbons (Fsp3) is 0. The lowest BCUT2D eigenvalue weighted by Gasteiger charge is -2.08. The molecule has 0 bridgehead atoms. The molecule has 20 heavy (non-hydrogen) atoms. The molecule has 0 aliphatic rings. The molecule has 3 aromatic rings. The van der Waals surface area contributed by atoms with E-state index in [0.717, 1.165) is 0 Å². The van der Waals surface area contributed by atoms with Crippen molar-refractivity contribution >= 4 is 89.7 Å². The molecule has 2 aromatic carbocycles. The molecule has 0 saturated heterocycles. The standard InChI is InChI=1S/C13H5I3O4/c14-6-3-5-10(18)4-1-2-7(17)8(15)12(4)20-13(5)9(16)11(6)19/h1-3,17,19H. The van der Waals surface area contributed by atoms with Gasteiger partial charge in [-0.2, -0.15) is 0 Å². The third kappa shape index (κ3) is 2.08. The summed E-state index contributed by atoms with van der Waals surface area (Å²) in [5, 5.41) is 20.5. The van der Waals surface area contributed by atoms with Gasteiger partial charge in [-0.3, -0.25) is 4.79 Å². The minimum absolute atomic E-state index is 0.0605. The van der Waals surface area contributed by atoms with Crippen LogP contribution in [0.3, 0.4) is 0 Å². The van der Waals surface area contributed by atoms with Crippen LogP contribution in [0.2, 0.25) is 0 Å². The molecule has 0 aliphatic heterocycles. The first-order chi connectivity index (χ1) is 9.41. The average molecular weight is 606 g/mol. The number of aromatic hydroxyl groups is 2. The lowest BCUT2D eigenvalue weighted by Crippen LogP contribution is -2.04. The maximum absolute atomic E-state index is 12.5. The van der Waals surface area contributed by atoms with Gasteiger partial charge in [-0.1, -0.05) is 0 Å². The molecule has 7 heteroatoms. The van der Waals surface area contributed by atoms with Crippen molar-refractivity contribution in [3.63, 3.8) is 0 Å². The Balaban J connectivity index is 2.65. The molecular weight excluding hydrogens is 601 g/mol. The summed E-state index contributed by atoms with van der Waals surface area (Å²) >= 11 is 5.85. The third-order valence-electron chi connectivity index (χ3n) is 2.92. The van der Waals surface area contributed by atoms with Gasteiger partial charge < -0.3 is 14.6 Å². The number of phenolic OH excluding ortho intramolecular Hbond substituents is 2. The molecule has 0 atom stereocenters. The Bertz CT molecular complexity index is 931. The highest BCUT2D eigenvalue weighted by molar-refractivity contribution is 14.1. The van der Waals surface area contributed by atoms with E-state index in [4.69, 9.17) is 4.42 Å². The molecule has 0 fully saturated rings. The molecule has 0 saturated carbocycles. The molecular formula is C13H5I3O4. The van der Waals surface area contributed by atoms with Crippen LogP contribution in [-0.4, -0.2) is 10.2 Å². The normalized spacial score (nSPS) is 11.3. The largest absolute Gasteiger partial charge is 0.507 e. The van der Waals surface area contributed by atoms with Crippen LogP contribution >= 0.6 is 67.8 Å². The van der Waals surface area contributed by atoms with Crippen molar-refractivity contribution < 1.29 is 14.6 Å². The van der Waals surface area contributed by atoms with Gasteiger partial charge in [-0.25, -0.2) is 0 Å². The van der Waals surface area contributed by atoms with Gasteiger partial charge in [0.15, 0.2) is 11.2 Å². The second-order valence-electron chi connectivity index (χ2n) is 4.10. The lowest BCUT2D eigenvalue weighted by atomic mass is 10.1. The zero-order chi connectivity index (χ0) is 14.6.